The first kappa shape index (κ1) is 23.8. The summed E-state index contributed by atoms with van der Waals surface area (Å²) in [5, 5.41) is 0. The van der Waals surface area contributed by atoms with Gasteiger partial charge in [-0.25, -0.2) is 4.39 Å². The van der Waals surface area contributed by atoms with Crippen molar-refractivity contribution in [1.82, 2.24) is 0 Å². The van der Waals surface area contributed by atoms with Gasteiger partial charge in [-0.1, -0.05) is 0 Å². The topological polar surface area (TPSA) is 9.23 Å². The molecule has 1 heterocycles. The van der Waals surface area contributed by atoms with Gasteiger partial charge in [0.1, 0.15) is 0 Å². The molecule has 1 aliphatic heterocycles. The average molecular weight is 448 g/mol. The second-order valence-corrected chi connectivity index (χ2v) is 5.02. The molecule has 0 radical (unpaired) electrons. The van der Waals surface area contributed by atoms with Crippen molar-refractivity contribution in [2.45, 2.75) is 53.9 Å². The van der Waals surface area contributed by atoms with Crippen molar-refractivity contribution in [2.75, 3.05) is 0 Å². The fraction of sp³-hybridized carbons (Fsp3) is 1.00. The third-order valence-corrected chi connectivity index (χ3v) is 3.29. The molecule has 0 aromatic heterocycles. The fourth-order valence-electron chi connectivity index (χ4n) is 1.60. The van der Waals surface area contributed by atoms with Crippen molar-refractivity contribution in [1.29, 1.82) is 0 Å². The average Bonchev–Trinajstić information content (AvgIpc) is 2.44. The van der Waals surface area contributed by atoms with E-state index < -0.39 is 53.9 Å². The van der Waals surface area contributed by atoms with E-state index in [0.29, 0.717) is 0 Å². The molecule has 1 rings (SSSR count). The van der Waals surface area contributed by atoms with Gasteiger partial charge in [-0.3, -0.25) is 4.74 Å². The minimum Gasteiger partial charge on any atom is -0.274 e. The van der Waals surface area contributed by atoms with E-state index in [1.165, 1.54) is 0 Å². The van der Waals surface area contributed by atoms with Gasteiger partial charge in [0.15, 0.2) is 0 Å². The molecule has 0 bridgehead atoms. The van der Waals surface area contributed by atoms with Crippen LogP contribution in [-0.2, 0) is 4.74 Å². The normalized spacial score (nSPS) is 35.2. The summed E-state index contributed by atoms with van der Waals surface area (Å²) in [5.74, 6) is -57.5. The highest BCUT2D eigenvalue weighted by Gasteiger charge is 2.97. The van der Waals surface area contributed by atoms with Gasteiger partial charge in [0.25, 0.3) is 6.36 Å². The standard InChI is InChI=1S/C9HF17O/c10-1-2(11,12)3(13,14)4(15,16)5(17,18)6(19,20)7(21,22)8(23,24)9(25,26)27-1/h1H. The van der Waals surface area contributed by atoms with Crippen LogP contribution in [0.1, 0.15) is 0 Å². The van der Waals surface area contributed by atoms with Crippen molar-refractivity contribution in [3.05, 3.63) is 0 Å². The SMILES string of the molecule is FC1OC(F)(F)C(F)(F)C(F)(F)C(F)(F)C(F)(F)C(F)(F)C(F)(F)C1(F)F. The molecule has 162 valence electrons. The van der Waals surface area contributed by atoms with E-state index in [1.807, 2.05) is 0 Å². The highest BCUT2D eigenvalue weighted by atomic mass is 19.4. The van der Waals surface area contributed by atoms with Crippen molar-refractivity contribution >= 4 is 0 Å². The highest BCUT2D eigenvalue weighted by molar-refractivity contribution is 5.16. The lowest BCUT2D eigenvalue weighted by Gasteiger charge is -2.45. The molecule has 1 atom stereocenters. The van der Waals surface area contributed by atoms with E-state index in [1.54, 1.807) is 4.74 Å². The molecule has 1 unspecified atom stereocenters. The first-order valence-corrected chi connectivity index (χ1v) is 5.72. The van der Waals surface area contributed by atoms with Gasteiger partial charge in [0.05, 0.1) is 0 Å². The van der Waals surface area contributed by atoms with Crippen molar-refractivity contribution in [2.24, 2.45) is 0 Å². The lowest BCUT2D eigenvalue weighted by atomic mass is 9.88. The van der Waals surface area contributed by atoms with Gasteiger partial charge in [-0.2, -0.15) is 70.2 Å². The van der Waals surface area contributed by atoms with Crippen LogP contribution in [-0.4, -0.2) is 53.9 Å². The predicted octanol–water partition coefficient (Wildman–Crippen LogP) is 5.35. The quantitative estimate of drug-likeness (QED) is 0.454. The first-order valence-electron chi connectivity index (χ1n) is 5.72. The van der Waals surface area contributed by atoms with Gasteiger partial charge in [-0.15, -0.1) is 0 Å². The zero-order valence-corrected chi connectivity index (χ0v) is 11.4. The number of alkyl halides is 17. The van der Waals surface area contributed by atoms with Crippen LogP contribution in [0.3, 0.4) is 0 Å². The number of ether oxygens (including phenoxy) is 1. The monoisotopic (exact) mass is 448 g/mol. The van der Waals surface area contributed by atoms with E-state index in [0.717, 1.165) is 0 Å². The van der Waals surface area contributed by atoms with Gasteiger partial charge in [0.2, 0.25) is 0 Å². The molecule has 0 aliphatic carbocycles. The molecule has 1 aliphatic rings. The molecule has 18 heteroatoms. The van der Waals surface area contributed by atoms with Gasteiger partial charge < -0.3 is 0 Å². The van der Waals surface area contributed by atoms with E-state index in [4.69, 9.17) is 0 Å². The second-order valence-electron chi connectivity index (χ2n) is 5.02. The molecule has 0 aromatic carbocycles. The second kappa shape index (κ2) is 5.43. The summed E-state index contributed by atoms with van der Waals surface area (Å²) in [4.78, 5) is 0. The number of hydrogen-bond donors (Lipinski definition) is 0. The van der Waals surface area contributed by atoms with E-state index >= 15 is 0 Å². The van der Waals surface area contributed by atoms with Crippen LogP contribution >= 0.6 is 0 Å². The van der Waals surface area contributed by atoms with Crippen LogP contribution < -0.4 is 0 Å². The summed E-state index contributed by atoms with van der Waals surface area (Å²) in [6, 6.07) is 0. The number of hydrogen-bond acceptors (Lipinski definition) is 1. The van der Waals surface area contributed by atoms with Crippen LogP contribution in [0.25, 0.3) is 0 Å². The Morgan fingerprint density at radius 1 is 0.407 bits per heavy atom. The Morgan fingerprint density at radius 2 is 0.667 bits per heavy atom. The molecule has 0 spiro atoms. The molecular weight excluding hydrogens is 447 g/mol. The Hall–Kier alpha value is -1.23. The molecule has 1 nitrogen and oxygen atoms in total. The van der Waals surface area contributed by atoms with E-state index in [2.05, 4.69) is 0 Å². The largest absolute Gasteiger partial charge is 0.428 e. The van der Waals surface area contributed by atoms with Gasteiger partial charge in [-0.05, 0) is 0 Å². The minimum atomic E-state index is -8.52. The highest BCUT2D eigenvalue weighted by Crippen LogP contribution is 2.65. The molecule has 1 saturated heterocycles. The molecule has 1 fully saturated rings. The summed E-state index contributed by atoms with van der Waals surface area (Å²) >= 11 is 0. The Labute approximate surface area is 135 Å². The summed E-state index contributed by atoms with van der Waals surface area (Å²) in [7, 11) is 0. The molecule has 0 amide bonds. The van der Waals surface area contributed by atoms with Gasteiger partial charge >= 0.3 is 47.6 Å². The smallest absolute Gasteiger partial charge is 0.274 e. The summed E-state index contributed by atoms with van der Waals surface area (Å²) in [6.45, 7) is 0. The lowest BCUT2D eigenvalue weighted by molar-refractivity contribution is -0.507. The maximum Gasteiger partial charge on any atom is 0.428 e. The van der Waals surface area contributed by atoms with Crippen LogP contribution in [0.5, 0.6) is 0 Å². The van der Waals surface area contributed by atoms with E-state index in [9.17, 15) is 74.6 Å². The zero-order valence-electron chi connectivity index (χ0n) is 11.4. The summed E-state index contributed by atoms with van der Waals surface area (Å²) in [5.41, 5.74) is 0. The Bertz CT molecular complexity index is 591. The fourth-order valence-corrected chi connectivity index (χ4v) is 1.60. The van der Waals surface area contributed by atoms with Crippen molar-refractivity contribution in [3.63, 3.8) is 0 Å². The Morgan fingerprint density at radius 3 is 1.00 bits per heavy atom. The third kappa shape index (κ3) is 2.43. The maximum atomic E-state index is 13.0. The van der Waals surface area contributed by atoms with Crippen LogP contribution in [0, 0.1) is 0 Å². The first-order chi connectivity index (χ1) is 11.4. The van der Waals surface area contributed by atoms with E-state index in [-0.39, 0.29) is 0 Å². The molecule has 0 N–H and O–H groups in total. The van der Waals surface area contributed by atoms with Crippen molar-refractivity contribution in [3.8, 4) is 0 Å². The molecule has 27 heavy (non-hydrogen) atoms. The third-order valence-electron chi connectivity index (χ3n) is 3.29. The number of halogens is 17. The molecule has 0 saturated carbocycles. The minimum absolute atomic E-state index is 1.60. The number of rotatable bonds is 0. The van der Waals surface area contributed by atoms with Crippen LogP contribution in [0.2, 0.25) is 0 Å². The lowest BCUT2D eigenvalue weighted by Crippen LogP contribution is -2.77. The summed E-state index contributed by atoms with van der Waals surface area (Å²) in [6.07, 6.45) is -13.6. The predicted molar refractivity (Wildman–Crippen MR) is 45.6 cm³/mol. The molecular formula is C9HF17O. The Kier molecular flexibility index (Phi) is 4.79. The maximum absolute atomic E-state index is 13.0. The Balaban J connectivity index is 4.02. The zero-order chi connectivity index (χ0) is 22.3. The molecule has 0 aromatic rings. The van der Waals surface area contributed by atoms with Gasteiger partial charge in [0, 0.05) is 0 Å². The van der Waals surface area contributed by atoms with Crippen LogP contribution in [0.15, 0.2) is 0 Å². The van der Waals surface area contributed by atoms with Crippen molar-refractivity contribution < 1.29 is 79.4 Å². The summed E-state index contributed by atoms with van der Waals surface area (Å²) < 4.78 is 222. The van der Waals surface area contributed by atoms with Crippen LogP contribution in [0.4, 0.5) is 74.6 Å².